The van der Waals surface area contributed by atoms with Crippen LogP contribution in [0.25, 0.3) is 0 Å². The highest BCUT2D eigenvalue weighted by Crippen LogP contribution is 2.23. The third-order valence-electron chi connectivity index (χ3n) is 5.24. The standard InChI is InChI=1S/C20H33N3O4S/c1-16-10-14-22(15-11-16)13-5-12-21-20(24)17(2)23(28(4,25)26)18-6-8-19(27-3)9-7-18/h6-9,16-17H,5,10-15H2,1-4H3,(H,21,24). The highest BCUT2D eigenvalue weighted by Gasteiger charge is 2.29. The van der Waals surface area contributed by atoms with Crippen molar-refractivity contribution in [2.75, 3.05) is 43.8 Å². The van der Waals surface area contributed by atoms with Crippen molar-refractivity contribution in [3.05, 3.63) is 24.3 Å². The topological polar surface area (TPSA) is 79.0 Å². The lowest BCUT2D eigenvalue weighted by atomic mass is 9.99. The van der Waals surface area contributed by atoms with E-state index in [2.05, 4.69) is 17.1 Å². The Labute approximate surface area is 169 Å². The van der Waals surface area contributed by atoms with Crippen LogP contribution in [0.4, 0.5) is 5.69 Å². The SMILES string of the molecule is COc1ccc(N(C(C)C(=O)NCCCN2CCC(C)CC2)S(C)(=O)=O)cc1. The molecule has 7 nitrogen and oxygen atoms in total. The number of amides is 1. The van der Waals surface area contributed by atoms with Gasteiger partial charge in [-0.2, -0.15) is 0 Å². The molecule has 1 saturated heterocycles. The molecule has 1 atom stereocenters. The molecule has 8 heteroatoms. The lowest BCUT2D eigenvalue weighted by Gasteiger charge is -2.30. The summed E-state index contributed by atoms with van der Waals surface area (Å²) in [5.41, 5.74) is 0.438. The minimum absolute atomic E-state index is 0.298. The van der Waals surface area contributed by atoms with Crippen LogP contribution in [-0.4, -0.2) is 64.8 Å². The Morgan fingerprint density at radius 2 is 1.89 bits per heavy atom. The Kier molecular flexibility index (Phi) is 8.12. The first-order valence-corrected chi connectivity index (χ1v) is 11.7. The molecule has 0 aliphatic carbocycles. The van der Waals surface area contributed by atoms with Crippen molar-refractivity contribution in [2.45, 2.75) is 39.2 Å². The molecule has 1 aliphatic rings. The van der Waals surface area contributed by atoms with E-state index in [-0.39, 0.29) is 5.91 Å². The molecule has 1 fully saturated rings. The van der Waals surface area contributed by atoms with Crippen molar-refractivity contribution in [3.63, 3.8) is 0 Å². The molecule has 1 aliphatic heterocycles. The summed E-state index contributed by atoms with van der Waals surface area (Å²) in [5.74, 6) is 1.13. The number of nitrogens with one attached hydrogen (secondary N) is 1. The molecular weight excluding hydrogens is 378 g/mol. The van der Waals surface area contributed by atoms with Crippen LogP contribution in [0.1, 0.15) is 33.1 Å². The highest BCUT2D eigenvalue weighted by atomic mass is 32.2. The Balaban J connectivity index is 1.90. The van der Waals surface area contributed by atoms with Gasteiger partial charge in [0.15, 0.2) is 0 Å². The summed E-state index contributed by atoms with van der Waals surface area (Å²) in [6.45, 7) is 7.61. The second-order valence-corrected chi connectivity index (χ2v) is 9.46. The first kappa shape index (κ1) is 22.5. The number of nitrogens with zero attached hydrogens (tertiary/aromatic N) is 2. The summed E-state index contributed by atoms with van der Waals surface area (Å²) in [6, 6.07) is 5.80. The quantitative estimate of drug-likeness (QED) is 0.630. The molecule has 1 heterocycles. The Morgan fingerprint density at radius 1 is 1.29 bits per heavy atom. The first-order chi connectivity index (χ1) is 13.2. The number of likely N-dealkylation sites (tertiary alicyclic amines) is 1. The number of piperidine rings is 1. The van der Waals surface area contributed by atoms with Crippen LogP contribution in [0.2, 0.25) is 0 Å². The largest absolute Gasteiger partial charge is 0.497 e. The second-order valence-electron chi connectivity index (χ2n) is 7.60. The number of hydrogen-bond donors (Lipinski definition) is 1. The molecule has 1 unspecified atom stereocenters. The summed E-state index contributed by atoms with van der Waals surface area (Å²) < 4.78 is 30.9. The number of ether oxygens (including phenoxy) is 1. The number of carbonyl (C=O) groups excluding carboxylic acids is 1. The average Bonchev–Trinajstić information content (AvgIpc) is 2.66. The maximum Gasteiger partial charge on any atom is 0.243 e. The van der Waals surface area contributed by atoms with Crippen LogP contribution in [0.3, 0.4) is 0 Å². The van der Waals surface area contributed by atoms with Gasteiger partial charge in [-0.05, 0) is 76.0 Å². The van der Waals surface area contributed by atoms with E-state index in [0.29, 0.717) is 18.0 Å². The van der Waals surface area contributed by atoms with Gasteiger partial charge in [-0.3, -0.25) is 9.10 Å². The average molecular weight is 412 g/mol. The summed E-state index contributed by atoms with van der Waals surface area (Å²) in [5, 5.41) is 2.88. The molecule has 0 spiro atoms. The number of benzene rings is 1. The Morgan fingerprint density at radius 3 is 2.43 bits per heavy atom. The van der Waals surface area contributed by atoms with Crippen molar-refractivity contribution in [3.8, 4) is 5.75 Å². The molecule has 0 bridgehead atoms. The normalized spacial score (nSPS) is 17.1. The van der Waals surface area contributed by atoms with E-state index < -0.39 is 16.1 Å². The molecule has 0 aromatic heterocycles. The highest BCUT2D eigenvalue weighted by molar-refractivity contribution is 7.92. The van der Waals surface area contributed by atoms with Crippen molar-refractivity contribution >= 4 is 21.6 Å². The zero-order valence-electron chi connectivity index (χ0n) is 17.3. The molecular formula is C20H33N3O4S. The summed E-state index contributed by atoms with van der Waals surface area (Å²) in [7, 11) is -2.07. The van der Waals surface area contributed by atoms with Gasteiger partial charge >= 0.3 is 0 Å². The molecule has 1 N–H and O–H groups in total. The lowest BCUT2D eigenvalue weighted by molar-refractivity contribution is -0.121. The Hall–Kier alpha value is -1.80. The van der Waals surface area contributed by atoms with Gasteiger partial charge in [0.2, 0.25) is 15.9 Å². The van der Waals surface area contributed by atoms with Gasteiger partial charge in [-0.25, -0.2) is 8.42 Å². The molecule has 28 heavy (non-hydrogen) atoms. The van der Waals surface area contributed by atoms with E-state index in [0.717, 1.165) is 42.5 Å². The predicted octanol–water partition coefficient (Wildman–Crippen LogP) is 2.09. The fraction of sp³-hybridized carbons (Fsp3) is 0.650. The van der Waals surface area contributed by atoms with Gasteiger partial charge in [0.25, 0.3) is 0 Å². The fourth-order valence-electron chi connectivity index (χ4n) is 3.49. The van der Waals surface area contributed by atoms with Crippen molar-refractivity contribution < 1.29 is 17.9 Å². The molecule has 1 aromatic rings. The van der Waals surface area contributed by atoms with E-state index in [9.17, 15) is 13.2 Å². The monoisotopic (exact) mass is 411 g/mol. The van der Waals surface area contributed by atoms with Crippen molar-refractivity contribution in [1.82, 2.24) is 10.2 Å². The van der Waals surface area contributed by atoms with Crippen LogP contribution in [0.15, 0.2) is 24.3 Å². The zero-order valence-corrected chi connectivity index (χ0v) is 18.2. The molecule has 1 amide bonds. The van der Waals surface area contributed by atoms with Gasteiger partial charge in [0.05, 0.1) is 19.1 Å². The second kappa shape index (κ2) is 10.1. The third kappa shape index (κ3) is 6.38. The number of hydrogen-bond acceptors (Lipinski definition) is 5. The number of rotatable bonds is 9. The van der Waals surface area contributed by atoms with Gasteiger partial charge in [-0.1, -0.05) is 6.92 Å². The van der Waals surface area contributed by atoms with E-state index >= 15 is 0 Å². The van der Waals surface area contributed by atoms with Gasteiger partial charge in [0, 0.05) is 6.54 Å². The Bertz CT molecular complexity index is 728. The van der Waals surface area contributed by atoms with Crippen molar-refractivity contribution in [1.29, 1.82) is 0 Å². The van der Waals surface area contributed by atoms with E-state index in [1.807, 2.05) is 0 Å². The third-order valence-corrected chi connectivity index (χ3v) is 6.48. The van der Waals surface area contributed by atoms with Gasteiger partial charge in [-0.15, -0.1) is 0 Å². The van der Waals surface area contributed by atoms with Crippen LogP contribution >= 0.6 is 0 Å². The van der Waals surface area contributed by atoms with Crippen molar-refractivity contribution in [2.24, 2.45) is 5.92 Å². The first-order valence-electron chi connectivity index (χ1n) is 9.86. The number of anilines is 1. The summed E-state index contributed by atoms with van der Waals surface area (Å²) in [6.07, 6.45) is 4.43. The van der Waals surface area contributed by atoms with Gasteiger partial charge < -0.3 is 15.0 Å². The molecule has 1 aromatic carbocycles. The number of sulfonamides is 1. The van der Waals surface area contributed by atoms with E-state index in [1.165, 1.54) is 12.8 Å². The molecule has 158 valence electrons. The van der Waals surface area contributed by atoms with Crippen LogP contribution in [0.5, 0.6) is 5.75 Å². The van der Waals surface area contributed by atoms with E-state index in [4.69, 9.17) is 4.74 Å². The fourth-order valence-corrected chi connectivity index (χ4v) is 4.66. The molecule has 0 saturated carbocycles. The number of carbonyl (C=O) groups is 1. The minimum Gasteiger partial charge on any atom is -0.497 e. The van der Waals surface area contributed by atoms with E-state index in [1.54, 1.807) is 38.3 Å². The maximum absolute atomic E-state index is 12.6. The smallest absolute Gasteiger partial charge is 0.243 e. The summed E-state index contributed by atoms with van der Waals surface area (Å²) >= 11 is 0. The van der Waals surface area contributed by atoms with Crippen LogP contribution in [0, 0.1) is 5.92 Å². The molecule has 2 rings (SSSR count). The van der Waals surface area contributed by atoms with Gasteiger partial charge in [0.1, 0.15) is 11.8 Å². The predicted molar refractivity (Wildman–Crippen MR) is 112 cm³/mol. The minimum atomic E-state index is -3.61. The van der Waals surface area contributed by atoms with Crippen LogP contribution < -0.4 is 14.4 Å². The van der Waals surface area contributed by atoms with Crippen LogP contribution in [-0.2, 0) is 14.8 Å². The lowest BCUT2D eigenvalue weighted by Crippen LogP contribution is -2.48. The number of methoxy groups -OCH3 is 1. The molecule has 0 radical (unpaired) electrons. The summed E-state index contributed by atoms with van der Waals surface area (Å²) in [4.78, 5) is 15.0. The zero-order chi connectivity index (χ0) is 20.7. The maximum atomic E-state index is 12.6.